The van der Waals surface area contributed by atoms with E-state index in [0.29, 0.717) is 25.5 Å². The minimum Gasteiger partial charge on any atom is -0.490 e. The Bertz CT molecular complexity index is 1060. The number of hydrogen-bond donors (Lipinski definition) is 0. The lowest BCUT2D eigenvalue weighted by atomic mass is 10.0. The van der Waals surface area contributed by atoms with E-state index in [2.05, 4.69) is 0 Å². The van der Waals surface area contributed by atoms with Gasteiger partial charge in [0.25, 0.3) is 5.91 Å². The van der Waals surface area contributed by atoms with Gasteiger partial charge in [-0.2, -0.15) is 0 Å². The van der Waals surface area contributed by atoms with Crippen molar-refractivity contribution in [3.63, 3.8) is 0 Å². The maximum atomic E-state index is 13.2. The predicted molar refractivity (Wildman–Crippen MR) is 109 cm³/mol. The van der Waals surface area contributed by atoms with Crippen molar-refractivity contribution in [1.29, 1.82) is 0 Å². The number of carbonyl (C=O) groups is 1. The fraction of sp³-hybridized carbons (Fsp3) is 0.292. The Balaban J connectivity index is 1.38. The van der Waals surface area contributed by atoms with Gasteiger partial charge in [0.1, 0.15) is 11.6 Å². The van der Waals surface area contributed by atoms with Crippen molar-refractivity contribution in [1.82, 2.24) is 4.90 Å². The highest BCUT2D eigenvalue weighted by atomic mass is 19.1. The molecule has 5 rings (SSSR count). The molecule has 3 aromatic rings. The number of hydrogen-bond acceptors (Lipinski definition) is 4. The van der Waals surface area contributed by atoms with Gasteiger partial charge in [-0.05, 0) is 66.9 Å². The average molecular weight is 407 g/mol. The summed E-state index contributed by atoms with van der Waals surface area (Å²) in [5.74, 6) is 1.87. The number of furan rings is 1. The van der Waals surface area contributed by atoms with Gasteiger partial charge in [-0.1, -0.05) is 6.07 Å². The first kappa shape index (κ1) is 18.7. The first-order valence-corrected chi connectivity index (χ1v) is 10.3. The molecule has 0 unspecified atom stereocenters. The molecule has 1 fully saturated rings. The largest absolute Gasteiger partial charge is 0.490 e. The van der Waals surface area contributed by atoms with Gasteiger partial charge in [-0.15, -0.1) is 0 Å². The zero-order chi connectivity index (χ0) is 20.5. The molecule has 1 saturated heterocycles. The molecule has 30 heavy (non-hydrogen) atoms. The summed E-state index contributed by atoms with van der Waals surface area (Å²) in [7, 11) is 0. The van der Waals surface area contributed by atoms with Crippen LogP contribution in [0.15, 0.2) is 59.0 Å². The zero-order valence-corrected chi connectivity index (χ0v) is 16.5. The minimum absolute atomic E-state index is 0.0333. The molecule has 1 aromatic heterocycles. The van der Waals surface area contributed by atoms with E-state index in [-0.39, 0.29) is 23.5 Å². The van der Waals surface area contributed by atoms with Crippen LogP contribution >= 0.6 is 0 Å². The number of carbonyl (C=O) groups excluding carboxylic acids is 1. The van der Waals surface area contributed by atoms with E-state index in [4.69, 9.17) is 13.9 Å². The Morgan fingerprint density at radius 3 is 2.57 bits per heavy atom. The van der Waals surface area contributed by atoms with E-state index < -0.39 is 0 Å². The van der Waals surface area contributed by atoms with Crippen LogP contribution in [0.25, 0.3) is 11.3 Å². The molecule has 1 amide bonds. The van der Waals surface area contributed by atoms with Crippen LogP contribution in [-0.4, -0.2) is 30.6 Å². The highest BCUT2D eigenvalue weighted by Gasteiger charge is 2.33. The van der Waals surface area contributed by atoms with Crippen molar-refractivity contribution in [3.8, 4) is 22.8 Å². The van der Waals surface area contributed by atoms with Gasteiger partial charge >= 0.3 is 0 Å². The lowest BCUT2D eigenvalue weighted by Crippen LogP contribution is -2.30. The summed E-state index contributed by atoms with van der Waals surface area (Å²) >= 11 is 0. The molecule has 2 aromatic carbocycles. The first-order valence-electron chi connectivity index (χ1n) is 10.3. The minimum atomic E-state index is -0.309. The molecular formula is C24H22FNO4. The molecule has 0 N–H and O–H groups in total. The number of amides is 1. The lowest BCUT2D eigenvalue weighted by Gasteiger charge is -2.25. The third kappa shape index (κ3) is 3.54. The van der Waals surface area contributed by atoms with E-state index in [1.165, 1.54) is 12.1 Å². The second-order valence-electron chi connectivity index (χ2n) is 7.58. The fourth-order valence-corrected chi connectivity index (χ4v) is 4.11. The number of fused-ring (bicyclic) bond motifs is 1. The van der Waals surface area contributed by atoms with Crippen molar-refractivity contribution in [2.75, 3.05) is 19.8 Å². The van der Waals surface area contributed by atoms with Crippen LogP contribution in [0.5, 0.6) is 11.5 Å². The standard InChI is InChI=1S/C24H22FNO4/c25-18-7-4-16(5-8-18)20-10-11-22(30-20)24(27)26-12-1-3-19(26)17-6-9-21-23(15-17)29-14-2-13-28-21/h4-11,15,19H,1-3,12-14H2/t19-/m1/s1. The fourth-order valence-electron chi connectivity index (χ4n) is 4.11. The second kappa shape index (κ2) is 7.86. The maximum Gasteiger partial charge on any atom is 0.290 e. The molecule has 3 heterocycles. The third-order valence-electron chi connectivity index (χ3n) is 5.62. The maximum absolute atomic E-state index is 13.2. The Hall–Kier alpha value is -3.28. The predicted octanol–water partition coefficient (Wildman–Crippen LogP) is 5.22. The van der Waals surface area contributed by atoms with Crippen LogP contribution in [0.3, 0.4) is 0 Å². The first-order chi connectivity index (χ1) is 14.7. The van der Waals surface area contributed by atoms with Crippen LogP contribution in [0.1, 0.15) is 41.4 Å². The average Bonchev–Trinajstić information content (AvgIpc) is 3.39. The summed E-state index contributed by atoms with van der Waals surface area (Å²) in [5, 5.41) is 0. The number of benzene rings is 2. The number of halogens is 1. The Morgan fingerprint density at radius 1 is 0.933 bits per heavy atom. The van der Waals surface area contributed by atoms with Gasteiger partial charge in [0, 0.05) is 18.5 Å². The Kier molecular flexibility index (Phi) is 4.91. The molecule has 2 aliphatic heterocycles. The van der Waals surface area contributed by atoms with Crippen LogP contribution in [0.4, 0.5) is 4.39 Å². The van der Waals surface area contributed by atoms with Gasteiger partial charge in [-0.25, -0.2) is 4.39 Å². The number of ether oxygens (including phenoxy) is 2. The number of nitrogens with zero attached hydrogens (tertiary/aromatic N) is 1. The van der Waals surface area contributed by atoms with Crippen molar-refractivity contribution < 1.29 is 23.1 Å². The second-order valence-corrected chi connectivity index (χ2v) is 7.58. The third-order valence-corrected chi connectivity index (χ3v) is 5.62. The monoisotopic (exact) mass is 407 g/mol. The van der Waals surface area contributed by atoms with E-state index >= 15 is 0 Å². The normalized spacial score (nSPS) is 18.3. The topological polar surface area (TPSA) is 51.9 Å². The van der Waals surface area contributed by atoms with Crippen molar-refractivity contribution in [2.24, 2.45) is 0 Å². The molecule has 0 radical (unpaired) electrons. The molecule has 6 heteroatoms. The zero-order valence-electron chi connectivity index (χ0n) is 16.5. The van der Waals surface area contributed by atoms with Gasteiger partial charge in [0.2, 0.25) is 0 Å². The summed E-state index contributed by atoms with van der Waals surface area (Å²) in [6.45, 7) is 1.95. The molecule has 2 aliphatic rings. The van der Waals surface area contributed by atoms with E-state index in [1.807, 2.05) is 23.1 Å². The van der Waals surface area contributed by atoms with Gasteiger partial charge in [0.05, 0.1) is 19.3 Å². The molecule has 0 spiro atoms. The van der Waals surface area contributed by atoms with Gasteiger partial charge in [0.15, 0.2) is 17.3 Å². The van der Waals surface area contributed by atoms with Crippen molar-refractivity contribution in [3.05, 3.63) is 71.7 Å². The summed E-state index contributed by atoms with van der Waals surface area (Å²) in [5.41, 5.74) is 1.77. The van der Waals surface area contributed by atoms with E-state index in [1.54, 1.807) is 24.3 Å². The van der Waals surface area contributed by atoms with Crippen LogP contribution in [0, 0.1) is 5.82 Å². The van der Waals surface area contributed by atoms with Crippen molar-refractivity contribution in [2.45, 2.75) is 25.3 Å². The van der Waals surface area contributed by atoms with E-state index in [0.717, 1.165) is 41.9 Å². The molecule has 154 valence electrons. The molecule has 5 nitrogen and oxygen atoms in total. The number of rotatable bonds is 3. The Morgan fingerprint density at radius 2 is 1.73 bits per heavy atom. The van der Waals surface area contributed by atoms with Crippen molar-refractivity contribution >= 4 is 5.91 Å². The highest BCUT2D eigenvalue weighted by molar-refractivity contribution is 5.92. The van der Waals surface area contributed by atoms with Crippen LogP contribution in [0.2, 0.25) is 0 Å². The highest BCUT2D eigenvalue weighted by Crippen LogP contribution is 2.38. The molecule has 1 atom stereocenters. The summed E-state index contributed by atoms with van der Waals surface area (Å²) in [6, 6.07) is 15.4. The quantitative estimate of drug-likeness (QED) is 0.597. The lowest BCUT2D eigenvalue weighted by molar-refractivity contribution is 0.0704. The van der Waals surface area contributed by atoms with Crippen LogP contribution in [-0.2, 0) is 0 Å². The van der Waals surface area contributed by atoms with Crippen LogP contribution < -0.4 is 9.47 Å². The SMILES string of the molecule is O=C(c1ccc(-c2ccc(F)cc2)o1)N1CCC[C@@H]1c1ccc2c(c1)OCCCO2. The summed E-state index contributed by atoms with van der Waals surface area (Å²) < 4.78 is 30.5. The smallest absolute Gasteiger partial charge is 0.290 e. The molecule has 0 bridgehead atoms. The summed E-state index contributed by atoms with van der Waals surface area (Å²) in [4.78, 5) is 15.0. The van der Waals surface area contributed by atoms with Gasteiger partial charge < -0.3 is 18.8 Å². The Labute approximate surface area is 174 Å². The number of likely N-dealkylation sites (tertiary alicyclic amines) is 1. The summed E-state index contributed by atoms with van der Waals surface area (Å²) in [6.07, 6.45) is 2.67. The van der Waals surface area contributed by atoms with Gasteiger partial charge in [-0.3, -0.25) is 4.79 Å². The molecule has 0 saturated carbocycles. The molecule has 0 aliphatic carbocycles. The molecular weight excluding hydrogens is 385 g/mol. The van der Waals surface area contributed by atoms with E-state index in [9.17, 15) is 9.18 Å².